The van der Waals surface area contributed by atoms with Gasteiger partial charge >= 0.3 is 5.97 Å². The Morgan fingerprint density at radius 1 is 1.26 bits per heavy atom. The van der Waals surface area contributed by atoms with E-state index in [1.54, 1.807) is 13.0 Å². The first-order valence-electron chi connectivity index (χ1n) is 6.73. The van der Waals surface area contributed by atoms with Gasteiger partial charge in [0.1, 0.15) is 12.2 Å². The van der Waals surface area contributed by atoms with E-state index in [0.717, 1.165) is 0 Å². The molecule has 1 heterocycles. The molecule has 4 nitrogen and oxygen atoms in total. The van der Waals surface area contributed by atoms with Crippen LogP contribution >= 0.6 is 0 Å². The zero-order valence-corrected chi connectivity index (χ0v) is 12.4. The number of esters is 1. The average molecular weight is 268 g/mol. The van der Waals surface area contributed by atoms with Crippen LogP contribution in [0.1, 0.15) is 34.6 Å². The van der Waals surface area contributed by atoms with E-state index < -0.39 is 5.79 Å². The molecular weight excluding hydrogens is 244 g/mol. The van der Waals surface area contributed by atoms with Gasteiger partial charge in [0.15, 0.2) is 5.79 Å². The van der Waals surface area contributed by atoms with E-state index in [0.29, 0.717) is 12.5 Å². The SMILES string of the molecule is CCOC(=O)/C=C/[C@H]1OC(C)(C)O[C@@H]1/C=C/C(C)C. The van der Waals surface area contributed by atoms with E-state index in [1.807, 2.05) is 19.9 Å². The van der Waals surface area contributed by atoms with Crippen LogP contribution in [0, 0.1) is 5.92 Å². The Morgan fingerprint density at radius 3 is 2.37 bits per heavy atom. The lowest BCUT2D eigenvalue weighted by atomic mass is 10.1. The molecule has 1 saturated heterocycles. The minimum Gasteiger partial charge on any atom is -0.463 e. The van der Waals surface area contributed by atoms with Crippen LogP contribution in [0.15, 0.2) is 24.3 Å². The lowest BCUT2D eigenvalue weighted by Gasteiger charge is -2.15. The van der Waals surface area contributed by atoms with Gasteiger partial charge in [0.2, 0.25) is 0 Å². The van der Waals surface area contributed by atoms with Gasteiger partial charge in [0, 0.05) is 6.08 Å². The number of rotatable bonds is 5. The van der Waals surface area contributed by atoms with Crippen LogP contribution < -0.4 is 0 Å². The molecule has 0 N–H and O–H groups in total. The minimum atomic E-state index is -0.643. The highest BCUT2D eigenvalue weighted by atomic mass is 16.7. The number of carbonyl (C=O) groups is 1. The van der Waals surface area contributed by atoms with Crippen molar-refractivity contribution in [1.82, 2.24) is 0 Å². The first kappa shape index (κ1) is 15.9. The molecule has 2 atom stereocenters. The molecule has 0 aromatic heterocycles. The molecule has 0 spiro atoms. The second kappa shape index (κ2) is 6.87. The van der Waals surface area contributed by atoms with Gasteiger partial charge in [0.25, 0.3) is 0 Å². The van der Waals surface area contributed by atoms with E-state index in [9.17, 15) is 4.79 Å². The molecule has 0 bridgehead atoms. The quantitative estimate of drug-likeness (QED) is 0.437. The van der Waals surface area contributed by atoms with Crippen LogP contribution in [0.4, 0.5) is 0 Å². The summed E-state index contributed by atoms with van der Waals surface area (Å²) in [4.78, 5) is 11.3. The largest absolute Gasteiger partial charge is 0.463 e. The van der Waals surface area contributed by atoms with E-state index in [4.69, 9.17) is 14.2 Å². The van der Waals surface area contributed by atoms with E-state index in [1.165, 1.54) is 6.08 Å². The highest BCUT2D eigenvalue weighted by Crippen LogP contribution is 2.29. The third kappa shape index (κ3) is 5.57. The maximum atomic E-state index is 11.3. The Labute approximate surface area is 115 Å². The molecule has 0 aliphatic carbocycles. The molecule has 1 rings (SSSR count). The van der Waals surface area contributed by atoms with Crippen molar-refractivity contribution in [2.75, 3.05) is 6.61 Å². The summed E-state index contributed by atoms with van der Waals surface area (Å²) in [6, 6.07) is 0. The second-order valence-electron chi connectivity index (χ2n) is 5.30. The number of hydrogen-bond donors (Lipinski definition) is 0. The molecule has 108 valence electrons. The molecule has 19 heavy (non-hydrogen) atoms. The summed E-state index contributed by atoms with van der Waals surface area (Å²) in [7, 11) is 0. The van der Waals surface area contributed by atoms with E-state index in [2.05, 4.69) is 19.9 Å². The number of allylic oxidation sites excluding steroid dienone is 1. The van der Waals surface area contributed by atoms with Crippen molar-refractivity contribution in [3.8, 4) is 0 Å². The fraction of sp³-hybridized carbons (Fsp3) is 0.667. The van der Waals surface area contributed by atoms with Crippen molar-refractivity contribution in [3.63, 3.8) is 0 Å². The maximum absolute atomic E-state index is 11.3. The fourth-order valence-electron chi connectivity index (χ4n) is 1.81. The summed E-state index contributed by atoms with van der Waals surface area (Å²) < 4.78 is 16.4. The average Bonchev–Trinajstić information content (AvgIpc) is 2.59. The molecule has 0 aromatic rings. The highest BCUT2D eigenvalue weighted by molar-refractivity contribution is 5.81. The molecular formula is C15H24O4. The van der Waals surface area contributed by atoms with Gasteiger partial charge < -0.3 is 14.2 Å². The molecule has 1 aliphatic rings. The first-order valence-corrected chi connectivity index (χ1v) is 6.73. The van der Waals surface area contributed by atoms with Gasteiger partial charge in [-0.15, -0.1) is 0 Å². The topological polar surface area (TPSA) is 44.8 Å². The predicted octanol–water partition coefficient (Wildman–Crippen LogP) is 2.84. The lowest BCUT2D eigenvalue weighted by Crippen LogP contribution is -2.20. The third-order valence-electron chi connectivity index (χ3n) is 2.56. The zero-order valence-electron chi connectivity index (χ0n) is 12.4. The molecule has 0 unspecified atom stereocenters. The van der Waals surface area contributed by atoms with Gasteiger partial charge in [-0.1, -0.05) is 26.0 Å². The normalized spacial score (nSPS) is 26.6. The molecule has 0 amide bonds. The maximum Gasteiger partial charge on any atom is 0.330 e. The molecule has 1 fully saturated rings. The van der Waals surface area contributed by atoms with E-state index >= 15 is 0 Å². The predicted molar refractivity (Wildman–Crippen MR) is 73.6 cm³/mol. The monoisotopic (exact) mass is 268 g/mol. The lowest BCUT2D eigenvalue weighted by molar-refractivity contribution is -0.140. The van der Waals surface area contributed by atoms with Gasteiger partial charge in [0.05, 0.1) is 6.61 Å². The van der Waals surface area contributed by atoms with Crippen LogP contribution in [-0.2, 0) is 19.0 Å². The zero-order chi connectivity index (χ0) is 14.5. The van der Waals surface area contributed by atoms with Crippen molar-refractivity contribution in [1.29, 1.82) is 0 Å². The summed E-state index contributed by atoms with van der Waals surface area (Å²) in [6.45, 7) is 10.1. The minimum absolute atomic E-state index is 0.178. The van der Waals surface area contributed by atoms with E-state index in [-0.39, 0.29) is 18.2 Å². The van der Waals surface area contributed by atoms with Crippen LogP contribution in [-0.4, -0.2) is 30.6 Å². The molecule has 0 saturated carbocycles. The summed E-state index contributed by atoms with van der Waals surface area (Å²) in [5.74, 6) is -0.556. The smallest absolute Gasteiger partial charge is 0.330 e. The Morgan fingerprint density at radius 2 is 1.84 bits per heavy atom. The Kier molecular flexibility index (Phi) is 5.76. The van der Waals surface area contributed by atoms with Crippen molar-refractivity contribution >= 4 is 5.97 Å². The summed E-state index contributed by atoms with van der Waals surface area (Å²) >= 11 is 0. The van der Waals surface area contributed by atoms with Gasteiger partial charge in [-0.2, -0.15) is 0 Å². The Bertz CT molecular complexity index is 355. The fourth-order valence-corrected chi connectivity index (χ4v) is 1.81. The van der Waals surface area contributed by atoms with Gasteiger partial charge in [-0.05, 0) is 32.8 Å². The van der Waals surface area contributed by atoms with Crippen molar-refractivity contribution in [2.24, 2.45) is 5.92 Å². The highest BCUT2D eigenvalue weighted by Gasteiger charge is 2.38. The second-order valence-corrected chi connectivity index (χ2v) is 5.30. The Balaban J connectivity index is 2.69. The van der Waals surface area contributed by atoms with Crippen molar-refractivity contribution < 1.29 is 19.0 Å². The summed E-state index contributed by atoms with van der Waals surface area (Å²) in [5, 5.41) is 0. The summed E-state index contributed by atoms with van der Waals surface area (Å²) in [5.41, 5.74) is 0. The standard InChI is InChI=1S/C15H24O4/c1-6-17-14(16)10-9-13-12(8-7-11(2)3)18-15(4,5)19-13/h7-13H,6H2,1-5H3/b8-7+,10-9+/t12-,13-/m1/s1. The molecule has 0 aromatic carbocycles. The van der Waals surface area contributed by atoms with Crippen LogP contribution in [0.5, 0.6) is 0 Å². The molecule has 0 radical (unpaired) electrons. The summed E-state index contributed by atoms with van der Waals surface area (Å²) in [6.07, 6.45) is 6.70. The van der Waals surface area contributed by atoms with Crippen LogP contribution in [0.2, 0.25) is 0 Å². The van der Waals surface area contributed by atoms with Gasteiger partial charge in [-0.25, -0.2) is 4.79 Å². The number of hydrogen-bond acceptors (Lipinski definition) is 4. The number of ether oxygens (including phenoxy) is 3. The molecule has 1 aliphatic heterocycles. The van der Waals surface area contributed by atoms with Crippen molar-refractivity contribution in [2.45, 2.75) is 52.6 Å². The van der Waals surface area contributed by atoms with Crippen LogP contribution in [0.3, 0.4) is 0 Å². The van der Waals surface area contributed by atoms with Gasteiger partial charge in [-0.3, -0.25) is 0 Å². The first-order chi connectivity index (χ1) is 8.84. The van der Waals surface area contributed by atoms with Crippen LogP contribution in [0.25, 0.3) is 0 Å². The third-order valence-corrected chi connectivity index (χ3v) is 2.56. The van der Waals surface area contributed by atoms with Crippen molar-refractivity contribution in [3.05, 3.63) is 24.3 Å². The molecule has 4 heteroatoms. The Hall–Kier alpha value is -1.13. The number of carbonyl (C=O) groups excluding carboxylic acids is 1.